The number of carbonyl (C=O) groups is 1. The average molecular weight is 320 g/mol. The molecule has 0 bridgehead atoms. The molecule has 3 unspecified atom stereocenters. The second kappa shape index (κ2) is 6.22. The summed E-state index contributed by atoms with van der Waals surface area (Å²) in [5, 5.41) is 27.5. The minimum atomic E-state index is -2.32. The molecule has 0 aliphatic carbocycles. The van der Waals surface area contributed by atoms with Crippen molar-refractivity contribution < 1.29 is 33.6 Å². The monoisotopic (exact) mass is 320 g/mol. The normalized spacial score (nSPS) is 37.4. The molecule has 0 spiro atoms. The first-order valence-electron chi connectivity index (χ1n) is 6.06. The molecule has 0 aromatic rings. The standard InChI is InChI=1S/C11H16N2O7S/c12-10(17)5-3-13(2-1-7(5)21(18)19)11-9(16)8(15)6(4-14)20-11/h1-3,6-9,11,14-16H,4H2,(H2,12,17)(H,18,19)/t6-,7?,8+,9?,11-/m1/s1. The van der Waals surface area contributed by atoms with E-state index in [1.165, 1.54) is 23.4 Å². The molecule has 9 nitrogen and oxygen atoms in total. The van der Waals surface area contributed by atoms with E-state index in [1.807, 2.05) is 0 Å². The fourth-order valence-corrected chi connectivity index (χ4v) is 2.82. The Morgan fingerprint density at radius 3 is 2.57 bits per heavy atom. The third-order valence-corrected chi connectivity index (χ3v) is 4.19. The molecular formula is C11H16N2O7S. The summed E-state index contributed by atoms with van der Waals surface area (Å²) in [7, 11) is 0. The van der Waals surface area contributed by atoms with Crippen molar-refractivity contribution in [2.75, 3.05) is 6.61 Å². The molecule has 0 aromatic heterocycles. The maximum absolute atomic E-state index is 11.4. The molecule has 1 saturated heterocycles. The van der Waals surface area contributed by atoms with Gasteiger partial charge in [-0.1, -0.05) is 0 Å². The minimum absolute atomic E-state index is 0.129. The molecule has 2 rings (SSSR count). The van der Waals surface area contributed by atoms with Gasteiger partial charge in [-0.3, -0.25) is 4.79 Å². The zero-order valence-corrected chi connectivity index (χ0v) is 11.6. The zero-order chi connectivity index (χ0) is 15.7. The van der Waals surface area contributed by atoms with E-state index in [0.29, 0.717) is 0 Å². The molecule has 6 N–H and O–H groups in total. The number of aliphatic hydroxyl groups excluding tert-OH is 3. The Bertz CT molecular complexity index is 509. The Morgan fingerprint density at radius 1 is 1.43 bits per heavy atom. The lowest BCUT2D eigenvalue weighted by molar-refractivity contribution is -0.114. The van der Waals surface area contributed by atoms with Crippen LogP contribution in [0.3, 0.4) is 0 Å². The van der Waals surface area contributed by atoms with Gasteiger partial charge in [0.05, 0.1) is 12.2 Å². The van der Waals surface area contributed by atoms with E-state index < -0.39 is 53.4 Å². The molecule has 21 heavy (non-hydrogen) atoms. The van der Waals surface area contributed by atoms with Gasteiger partial charge < -0.3 is 35.2 Å². The molecule has 2 aliphatic rings. The maximum atomic E-state index is 11.4. The van der Waals surface area contributed by atoms with Crippen LogP contribution in [0.2, 0.25) is 0 Å². The summed E-state index contributed by atoms with van der Waals surface area (Å²) in [6, 6.07) is 0. The molecule has 10 heteroatoms. The predicted molar refractivity (Wildman–Crippen MR) is 70.6 cm³/mol. The van der Waals surface area contributed by atoms with Gasteiger partial charge in [0.1, 0.15) is 23.6 Å². The second-order valence-corrected chi connectivity index (χ2v) is 5.72. The van der Waals surface area contributed by atoms with Crippen LogP contribution in [0.1, 0.15) is 0 Å². The first-order valence-corrected chi connectivity index (χ1v) is 7.23. The number of hydrogen-bond acceptors (Lipinski definition) is 7. The van der Waals surface area contributed by atoms with Gasteiger partial charge in [-0.15, -0.1) is 0 Å². The molecule has 0 aromatic carbocycles. The number of rotatable bonds is 4. The molecule has 0 saturated carbocycles. The van der Waals surface area contributed by atoms with Crippen LogP contribution in [0.25, 0.3) is 0 Å². The minimum Gasteiger partial charge on any atom is -0.394 e. The van der Waals surface area contributed by atoms with Crippen molar-refractivity contribution >= 4 is 17.0 Å². The van der Waals surface area contributed by atoms with Gasteiger partial charge in [-0.25, -0.2) is 4.21 Å². The number of nitrogens with zero attached hydrogens (tertiary/aromatic N) is 1. The van der Waals surface area contributed by atoms with Gasteiger partial charge in [-0.2, -0.15) is 0 Å². The summed E-state index contributed by atoms with van der Waals surface area (Å²) in [4.78, 5) is 12.6. The van der Waals surface area contributed by atoms with Crippen LogP contribution in [-0.4, -0.2) is 71.3 Å². The summed E-state index contributed by atoms with van der Waals surface area (Å²) >= 11 is -2.32. The SMILES string of the molecule is NC(=O)C1=CN([C@@H]2O[C@H](CO)[C@H](O)C2O)C=CC1S(=O)O. The zero-order valence-electron chi connectivity index (χ0n) is 10.8. The van der Waals surface area contributed by atoms with Gasteiger partial charge in [-0.05, 0) is 6.08 Å². The Labute approximate surface area is 122 Å². The van der Waals surface area contributed by atoms with Crippen molar-refractivity contribution in [1.29, 1.82) is 0 Å². The van der Waals surface area contributed by atoms with Crippen molar-refractivity contribution in [2.45, 2.75) is 29.8 Å². The van der Waals surface area contributed by atoms with E-state index in [0.717, 1.165) is 0 Å². The highest BCUT2D eigenvalue weighted by Gasteiger charge is 2.45. The molecule has 0 radical (unpaired) electrons. The lowest BCUT2D eigenvalue weighted by atomic mass is 10.1. The lowest BCUT2D eigenvalue weighted by Crippen LogP contribution is -2.42. The highest BCUT2D eigenvalue weighted by molar-refractivity contribution is 7.80. The third kappa shape index (κ3) is 3.00. The fourth-order valence-electron chi connectivity index (χ4n) is 2.22. The number of aliphatic hydroxyl groups is 3. The van der Waals surface area contributed by atoms with Crippen LogP contribution in [0.5, 0.6) is 0 Å². The quantitative estimate of drug-likeness (QED) is 0.348. The molecule has 2 aliphatic heterocycles. The van der Waals surface area contributed by atoms with Gasteiger partial charge in [0.15, 0.2) is 17.3 Å². The highest BCUT2D eigenvalue weighted by Crippen LogP contribution is 2.27. The molecule has 118 valence electrons. The maximum Gasteiger partial charge on any atom is 0.247 e. The van der Waals surface area contributed by atoms with Crippen molar-refractivity contribution in [2.24, 2.45) is 5.73 Å². The second-order valence-electron chi connectivity index (χ2n) is 4.66. The van der Waals surface area contributed by atoms with E-state index in [1.54, 1.807) is 0 Å². The number of hydrogen-bond donors (Lipinski definition) is 5. The summed E-state index contributed by atoms with van der Waals surface area (Å²) in [5.41, 5.74) is 5.04. The van der Waals surface area contributed by atoms with Crippen LogP contribution in [-0.2, 0) is 20.6 Å². The van der Waals surface area contributed by atoms with Crippen molar-refractivity contribution in [3.8, 4) is 0 Å². The lowest BCUT2D eigenvalue weighted by Gasteiger charge is -2.30. The Hall–Kier alpha value is -1.30. The molecule has 6 atom stereocenters. The third-order valence-electron chi connectivity index (χ3n) is 3.34. The van der Waals surface area contributed by atoms with Crippen LogP contribution in [0.4, 0.5) is 0 Å². The summed E-state index contributed by atoms with van der Waals surface area (Å²) in [6.45, 7) is -0.484. The van der Waals surface area contributed by atoms with E-state index in [2.05, 4.69) is 0 Å². The van der Waals surface area contributed by atoms with Crippen LogP contribution in [0.15, 0.2) is 24.0 Å². The smallest absolute Gasteiger partial charge is 0.247 e. The topological polar surface area (TPSA) is 154 Å². The molecule has 1 amide bonds. The highest BCUT2D eigenvalue weighted by atomic mass is 32.2. The number of ether oxygens (including phenoxy) is 1. The largest absolute Gasteiger partial charge is 0.394 e. The molecule has 1 fully saturated rings. The predicted octanol–water partition coefficient (Wildman–Crippen LogP) is -2.79. The Balaban J connectivity index is 2.24. The number of nitrogens with two attached hydrogens (primary N) is 1. The van der Waals surface area contributed by atoms with Crippen LogP contribution >= 0.6 is 0 Å². The van der Waals surface area contributed by atoms with E-state index in [9.17, 15) is 19.2 Å². The van der Waals surface area contributed by atoms with Gasteiger partial charge in [0, 0.05) is 12.4 Å². The number of carbonyl (C=O) groups excluding carboxylic acids is 1. The Kier molecular flexibility index (Phi) is 4.76. The van der Waals surface area contributed by atoms with Gasteiger partial charge in [0.2, 0.25) is 5.91 Å². The molecule has 2 heterocycles. The Morgan fingerprint density at radius 2 is 2.10 bits per heavy atom. The van der Waals surface area contributed by atoms with E-state index in [-0.39, 0.29) is 5.57 Å². The average Bonchev–Trinajstić information content (AvgIpc) is 2.74. The van der Waals surface area contributed by atoms with Gasteiger partial charge in [0.25, 0.3) is 0 Å². The van der Waals surface area contributed by atoms with E-state index in [4.69, 9.17) is 20.1 Å². The first-order chi connectivity index (χ1) is 9.86. The van der Waals surface area contributed by atoms with Crippen molar-refractivity contribution in [3.05, 3.63) is 24.0 Å². The summed E-state index contributed by atoms with van der Waals surface area (Å²) in [6.07, 6.45) is -0.834. The van der Waals surface area contributed by atoms with Crippen LogP contribution < -0.4 is 5.73 Å². The van der Waals surface area contributed by atoms with Crippen molar-refractivity contribution in [3.63, 3.8) is 0 Å². The number of amides is 1. The molecular weight excluding hydrogens is 304 g/mol. The van der Waals surface area contributed by atoms with Crippen LogP contribution in [0, 0.1) is 0 Å². The fraction of sp³-hybridized carbons (Fsp3) is 0.545. The number of primary amides is 1. The van der Waals surface area contributed by atoms with Crippen molar-refractivity contribution in [1.82, 2.24) is 4.90 Å². The van der Waals surface area contributed by atoms with Gasteiger partial charge >= 0.3 is 0 Å². The first kappa shape index (κ1) is 16.1. The summed E-state index contributed by atoms with van der Waals surface area (Å²) in [5.74, 6) is -0.886. The van der Waals surface area contributed by atoms with E-state index >= 15 is 0 Å². The summed E-state index contributed by atoms with van der Waals surface area (Å²) < 4.78 is 25.6.